The van der Waals surface area contributed by atoms with Gasteiger partial charge in [-0.1, -0.05) is 0 Å². The standard InChI is InChI=1S/C14H15N3O4/c1-20-10-5-8-9(6-11(10)21-2)15-14(19)12(8)16-17-13(18)7-3-4-7/h5-7,15,19H,3-4H2,1-2H3. The molecule has 21 heavy (non-hydrogen) atoms. The average molecular weight is 289 g/mol. The molecule has 7 nitrogen and oxygen atoms in total. The second-order valence-corrected chi connectivity index (χ2v) is 4.89. The predicted molar refractivity (Wildman–Crippen MR) is 75.3 cm³/mol. The third-order valence-electron chi connectivity index (χ3n) is 3.43. The van der Waals surface area contributed by atoms with E-state index in [0.29, 0.717) is 22.4 Å². The first-order valence-electron chi connectivity index (χ1n) is 6.56. The summed E-state index contributed by atoms with van der Waals surface area (Å²) in [5.74, 6) is 0.644. The van der Waals surface area contributed by atoms with Crippen LogP contribution in [0.15, 0.2) is 22.4 Å². The Morgan fingerprint density at radius 3 is 2.57 bits per heavy atom. The lowest BCUT2D eigenvalue weighted by atomic mass is 10.2. The van der Waals surface area contributed by atoms with Gasteiger partial charge in [-0.25, -0.2) is 0 Å². The molecule has 0 spiro atoms. The highest BCUT2D eigenvalue weighted by molar-refractivity contribution is 5.96. The molecule has 1 heterocycles. The molecule has 2 aromatic rings. The van der Waals surface area contributed by atoms with Crippen molar-refractivity contribution in [1.82, 2.24) is 4.98 Å². The van der Waals surface area contributed by atoms with Gasteiger partial charge in [0.1, 0.15) is 0 Å². The number of H-pyrrole nitrogens is 1. The van der Waals surface area contributed by atoms with E-state index in [9.17, 15) is 9.90 Å². The molecule has 1 amide bonds. The summed E-state index contributed by atoms with van der Waals surface area (Å²) in [4.78, 5) is 14.4. The lowest BCUT2D eigenvalue weighted by Gasteiger charge is -2.06. The molecular weight excluding hydrogens is 274 g/mol. The van der Waals surface area contributed by atoms with Gasteiger partial charge >= 0.3 is 0 Å². The van der Waals surface area contributed by atoms with Crippen molar-refractivity contribution in [2.75, 3.05) is 14.2 Å². The molecule has 1 saturated carbocycles. The number of amides is 1. The fourth-order valence-electron chi connectivity index (χ4n) is 2.11. The molecule has 2 N–H and O–H groups in total. The number of azo groups is 1. The number of fused-ring (bicyclic) bond motifs is 1. The summed E-state index contributed by atoms with van der Waals surface area (Å²) in [5, 5.41) is 18.1. The van der Waals surface area contributed by atoms with Crippen molar-refractivity contribution >= 4 is 22.5 Å². The number of aromatic nitrogens is 1. The molecule has 3 rings (SSSR count). The Kier molecular flexibility index (Phi) is 3.25. The number of hydrogen-bond donors (Lipinski definition) is 2. The maximum atomic E-state index is 11.6. The minimum Gasteiger partial charge on any atom is -0.493 e. The zero-order valence-electron chi connectivity index (χ0n) is 11.7. The fourth-order valence-corrected chi connectivity index (χ4v) is 2.11. The number of carbonyl (C=O) groups is 1. The van der Waals surface area contributed by atoms with Gasteiger partial charge in [0, 0.05) is 17.4 Å². The minimum atomic E-state index is -0.246. The highest BCUT2D eigenvalue weighted by Crippen LogP contribution is 2.41. The highest BCUT2D eigenvalue weighted by Gasteiger charge is 2.29. The van der Waals surface area contributed by atoms with E-state index in [2.05, 4.69) is 15.2 Å². The number of aromatic hydroxyl groups is 1. The van der Waals surface area contributed by atoms with Crippen LogP contribution in [0.5, 0.6) is 17.4 Å². The van der Waals surface area contributed by atoms with E-state index in [1.807, 2.05) is 0 Å². The van der Waals surface area contributed by atoms with Gasteiger partial charge in [-0.2, -0.15) is 0 Å². The first-order chi connectivity index (χ1) is 10.1. The van der Waals surface area contributed by atoms with Crippen LogP contribution in [0.25, 0.3) is 10.9 Å². The summed E-state index contributed by atoms with van der Waals surface area (Å²) in [6.45, 7) is 0. The summed E-state index contributed by atoms with van der Waals surface area (Å²) in [6, 6.07) is 3.37. The third kappa shape index (κ3) is 2.42. The first kappa shape index (κ1) is 13.4. The average Bonchev–Trinajstić information content (AvgIpc) is 3.28. The Hall–Kier alpha value is -2.57. The van der Waals surface area contributed by atoms with Gasteiger partial charge in [-0.3, -0.25) is 4.79 Å². The van der Waals surface area contributed by atoms with E-state index in [1.165, 1.54) is 14.2 Å². The second kappa shape index (κ2) is 5.08. The Balaban J connectivity index is 2.04. The largest absolute Gasteiger partial charge is 0.493 e. The van der Waals surface area contributed by atoms with Crippen LogP contribution in [0.4, 0.5) is 5.69 Å². The van der Waals surface area contributed by atoms with E-state index in [4.69, 9.17) is 9.47 Å². The van der Waals surface area contributed by atoms with Gasteiger partial charge < -0.3 is 19.6 Å². The molecule has 1 aromatic carbocycles. The maximum absolute atomic E-state index is 11.6. The molecule has 0 radical (unpaired) electrons. The molecule has 7 heteroatoms. The minimum absolute atomic E-state index is 0.00395. The number of aromatic amines is 1. The van der Waals surface area contributed by atoms with Gasteiger partial charge in [-0.15, -0.1) is 10.2 Å². The van der Waals surface area contributed by atoms with Crippen LogP contribution in [-0.4, -0.2) is 30.2 Å². The van der Waals surface area contributed by atoms with Crippen molar-refractivity contribution in [3.05, 3.63) is 12.1 Å². The van der Waals surface area contributed by atoms with Crippen LogP contribution in [0.2, 0.25) is 0 Å². The normalized spacial score (nSPS) is 14.8. The fraction of sp³-hybridized carbons (Fsp3) is 0.357. The molecule has 1 aliphatic carbocycles. The van der Waals surface area contributed by atoms with Crippen molar-refractivity contribution in [1.29, 1.82) is 0 Å². The monoisotopic (exact) mass is 289 g/mol. The quantitative estimate of drug-likeness (QED) is 0.846. The number of benzene rings is 1. The zero-order chi connectivity index (χ0) is 15.0. The van der Waals surface area contributed by atoms with Gasteiger partial charge in [-0.05, 0) is 18.9 Å². The molecular formula is C14H15N3O4. The lowest BCUT2D eigenvalue weighted by molar-refractivity contribution is -0.119. The van der Waals surface area contributed by atoms with Crippen molar-refractivity contribution in [2.45, 2.75) is 12.8 Å². The molecule has 0 saturated heterocycles. The molecule has 1 aromatic heterocycles. The number of nitrogens with one attached hydrogen (secondary N) is 1. The summed E-state index contributed by atoms with van der Waals surface area (Å²) < 4.78 is 10.4. The molecule has 0 bridgehead atoms. The third-order valence-corrected chi connectivity index (χ3v) is 3.43. The number of hydrogen-bond acceptors (Lipinski definition) is 5. The van der Waals surface area contributed by atoms with Crippen LogP contribution in [0.3, 0.4) is 0 Å². The molecule has 110 valence electrons. The summed E-state index contributed by atoms with van der Waals surface area (Å²) in [7, 11) is 3.05. The van der Waals surface area contributed by atoms with Gasteiger partial charge in [0.15, 0.2) is 17.2 Å². The van der Waals surface area contributed by atoms with Crippen LogP contribution in [0, 0.1) is 5.92 Å². The van der Waals surface area contributed by atoms with Crippen molar-refractivity contribution in [3.8, 4) is 17.4 Å². The number of methoxy groups -OCH3 is 2. The summed E-state index contributed by atoms with van der Waals surface area (Å²) in [6.07, 6.45) is 1.73. The predicted octanol–water partition coefficient (Wildman–Crippen LogP) is 2.91. The van der Waals surface area contributed by atoms with Gasteiger partial charge in [0.25, 0.3) is 5.91 Å². The van der Waals surface area contributed by atoms with Crippen molar-refractivity contribution in [2.24, 2.45) is 16.1 Å². The maximum Gasteiger partial charge on any atom is 0.267 e. The van der Waals surface area contributed by atoms with E-state index >= 15 is 0 Å². The molecule has 0 unspecified atom stereocenters. The molecule has 0 aliphatic heterocycles. The molecule has 1 aliphatic rings. The van der Waals surface area contributed by atoms with Crippen LogP contribution >= 0.6 is 0 Å². The summed E-state index contributed by atoms with van der Waals surface area (Å²) >= 11 is 0. The van der Waals surface area contributed by atoms with Crippen LogP contribution in [0.1, 0.15) is 12.8 Å². The van der Waals surface area contributed by atoms with Gasteiger partial charge in [0.05, 0.1) is 19.7 Å². The molecule has 0 atom stereocenters. The Labute approximate surface area is 120 Å². The van der Waals surface area contributed by atoms with Crippen molar-refractivity contribution < 1.29 is 19.4 Å². The SMILES string of the molecule is COc1cc2[nH]c(O)c(N=NC(=O)C3CC3)c2cc1OC. The van der Waals surface area contributed by atoms with Crippen molar-refractivity contribution in [3.63, 3.8) is 0 Å². The van der Waals surface area contributed by atoms with E-state index in [0.717, 1.165) is 12.8 Å². The Morgan fingerprint density at radius 2 is 1.95 bits per heavy atom. The van der Waals surface area contributed by atoms with Crippen LogP contribution < -0.4 is 9.47 Å². The van der Waals surface area contributed by atoms with Crippen LogP contribution in [-0.2, 0) is 4.79 Å². The number of ether oxygens (including phenoxy) is 2. The number of carbonyl (C=O) groups excluding carboxylic acids is 1. The van der Waals surface area contributed by atoms with E-state index in [-0.39, 0.29) is 23.4 Å². The Morgan fingerprint density at radius 1 is 1.29 bits per heavy atom. The lowest BCUT2D eigenvalue weighted by Crippen LogP contribution is -1.92. The van der Waals surface area contributed by atoms with Gasteiger partial charge in [0.2, 0.25) is 5.88 Å². The molecule has 1 fully saturated rings. The first-order valence-corrected chi connectivity index (χ1v) is 6.56. The topological polar surface area (TPSA) is 96.3 Å². The highest BCUT2D eigenvalue weighted by atomic mass is 16.5. The number of rotatable bonds is 4. The zero-order valence-corrected chi connectivity index (χ0v) is 11.7. The number of nitrogens with zero attached hydrogens (tertiary/aromatic N) is 2. The smallest absolute Gasteiger partial charge is 0.267 e. The van der Waals surface area contributed by atoms with E-state index < -0.39 is 0 Å². The Bertz CT molecular complexity index is 731. The summed E-state index contributed by atoms with van der Waals surface area (Å²) in [5.41, 5.74) is 0.845. The second-order valence-electron chi connectivity index (χ2n) is 4.89. The van der Waals surface area contributed by atoms with E-state index in [1.54, 1.807) is 12.1 Å².